The lowest BCUT2D eigenvalue weighted by molar-refractivity contribution is -0.118. The van der Waals surface area contributed by atoms with Crippen LogP contribution in [0.25, 0.3) is 6.08 Å². The number of carbonyl (C=O) groups is 2. The van der Waals surface area contributed by atoms with Crippen LogP contribution >= 0.6 is 11.6 Å². The molecule has 0 bridgehead atoms. The second-order valence-electron chi connectivity index (χ2n) is 8.07. The molecule has 0 aliphatic carbocycles. The average Bonchev–Trinajstić information content (AvgIpc) is 2.84. The smallest absolute Gasteiger partial charge is 0.268 e. The van der Waals surface area contributed by atoms with Gasteiger partial charge >= 0.3 is 0 Å². The first kappa shape index (κ1) is 23.3. The second kappa shape index (κ2) is 10.4. The number of fused-ring (bicyclic) bond motifs is 1. The van der Waals surface area contributed by atoms with Gasteiger partial charge in [-0.25, -0.2) is 0 Å². The molecule has 5 nitrogen and oxygen atoms in total. The van der Waals surface area contributed by atoms with Gasteiger partial charge < -0.3 is 15.4 Å². The van der Waals surface area contributed by atoms with Gasteiger partial charge in [-0.15, -0.1) is 0 Å². The summed E-state index contributed by atoms with van der Waals surface area (Å²) in [7, 11) is 0. The molecule has 2 amide bonds. The van der Waals surface area contributed by atoms with Crippen molar-refractivity contribution >= 4 is 29.5 Å². The molecule has 0 saturated heterocycles. The highest BCUT2D eigenvalue weighted by molar-refractivity contribution is 6.30. The Balaban J connectivity index is 1.64. The minimum absolute atomic E-state index is 0.129. The van der Waals surface area contributed by atoms with E-state index < -0.39 is 11.8 Å². The Morgan fingerprint density at radius 2 is 1.65 bits per heavy atom. The molecule has 0 fully saturated rings. The third-order valence-electron chi connectivity index (χ3n) is 5.57. The zero-order valence-electron chi connectivity index (χ0n) is 18.9. The molecule has 0 saturated carbocycles. The van der Waals surface area contributed by atoms with Gasteiger partial charge in [-0.1, -0.05) is 60.1 Å². The minimum atomic E-state index is -0.407. The van der Waals surface area contributed by atoms with Gasteiger partial charge in [0.2, 0.25) is 0 Å². The Labute approximate surface area is 204 Å². The van der Waals surface area contributed by atoms with E-state index in [1.54, 1.807) is 30.3 Å². The number of rotatable bonds is 6. The topological polar surface area (TPSA) is 67.4 Å². The highest BCUT2D eigenvalue weighted by Gasteiger charge is 2.22. The van der Waals surface area contributed by atoms with Gasteiger partial charge in [0.25, 0.3) is 11.8 Å². The van der Waals surface area contributed by atoms with Crippen LogP contribution in [0.1, 0.15) is 41.4 Å². The Hall–Kier alpha value is -3.83. The molecule has 3 aromatic rings. The second-order valence-corrected chi connectivity index (χ2v) is 8.50. The van der Waals surface area contributed by atoms with Gasteiger partial charge in [-0.3, -0.25) is 9.59 Å². The first-order valence-corrected chi connectivity index (χ1v) is 11.4. The summed E-state index contributed by atoms with van der Waals surface area (Å²) in [5.74, 6) is -0.0255. The fourth-order valence-corrected chi connectivity index (χ4v) is 3.77. The van der Waals surface area contributed by atoms with Crippen LogP contribution in [-0.4, -0.2) is 17.9 Å². The Morgan fingerprint density at radius 3 is 2.38 bits per heavy atom. The number of para-hydroxylation sites is 1. The van der Waals surface area contributed by atoms with Gasteiger partial charge in [0.15, 0.2) is 0 Å². The molecule has 34 heavy (non-hydrogen) atoms. The Kier molecular flexibility index (Phi) is 7.14. The third kappa shape index (κ3) is 5.56. The molecule has 0 radical (unpaired) electrons. The van der Waals surface area contributed by atoms with Crippen molar-refractivity contribution in [1.29, 1.82) is 0 Å². The monoisotopic (exact) mass is 472 g/mol. The van der Waals surface area contributed by atoms with Crippen molar-refractivity contribution < 1.29 is 14.3 Å². The van der Waals surface area contributed by atoms with Crippen molar-refractivity contribution in [2.24, 2.45) is 0 Å². The minimum Gasteiger partial charge on any atom is -0.485 e. The van der Waals surface area contributed by atoms with Crippen LogP contribution in [0.5, 0.6) is 5.75 Å². The SMILES string of the molecule is C[C@H]1Oc2ccccc2C=C1/C=C(\NC(=O)c1ccc(Cl)cc1)C(=O)N[C@H](C)c1ccccc1. The summed E-state index contributed by atoms with van der Waals surface area (Å²) >= 11 is 5.95. The number of hydrogen-bond donors (Lipinski definition) is 2. The lowest BCUT2D eigenvalue weighted by Crippen LogP contribution is -2.36. The van der Waals surface area contributed by atoms with Crippen molar-refractivity contribution in [2.45, 2.75) is 26.0 Å². The molecule has 6 heteroatoms. The predicted octanol–water partition coefficient (Wildman–Crippen LogP) is 5.70. The Morgan fingerprint density at radius 1 is 0.971 bits per heavy atom. The third-order valence-corrected chi connectivity index (χ3v) is 5.82. The van der Waals surface area contributed by atoms with Crippen molar-refractivity contribution in [3.63, 3.8) is 0 Å². The number of amides is 2. The number of ether oxygens (including phenoxy) is 1. The number of hydrogen-bond acceptors (Lipinski definition) is 3. The molecule has 0 spiro atoms. The van der Waals surface area contributed by atoms with E-state index in [4.69, 9.17) is 16.3 Å². The average molecular weight is 473 g/mol. The van der Waals surface area contributed by atoms with Crippen LogP contribution in [0.4, 0.5) is 0 Å². The summed E-state index contributed by atoms with van der Waals surface area (Å²) in [4.78, 5) is 26.2. The standard InChI is InChI=1S/C28H25ClN2O3/c1-18(20-8-4-3-5-9-20)30-28(33)25(31-27(32)21-12-14-24(29)15-13-21)17-23-16-22-10-6-7-11-26(22)34-19(23)2/h3-19H,1-2H3,(H,30,33)(H,31,32)/b25-17-/t18-,19-/m1/s1. The Bertz CT molecular complexity index is 1250. The quantitative estimate of drug-likeness (QED) is 0.452. The highest BCUT2D eigenvalue weighted by Crippen LogP contribution is 2.30. The zero-order chi connectivity index (χ0) is 24.1. The van der Waals surface area contributed by atoms with Crippen molar-refractivity contribution in [2.75, 3.05) is 0 Å². The first-order chi connectivity index (χ1) is 16.4. The van der Waals surface area contributed by atoms with Crippen LogP contribution in [0, 0.1) is 0 Å². The van der Waals surface area contributed by atoms with E-state index in [0.29, 0.717) is 10.6 Å². The fourth-order valence-electron chi connectivity index (χ4n) is 3.64. The van der Waals surface area contributed by atoms with Gasteiger partial charge in [0, 0.05) is 16.1 Å². The summed E-state index contributed by atoms with van der Waals surface area (Å²) in [5, 5.41) is 6.27. The zero-order valence-corrected chi connectivity index (χ0v) is 19.7. The molecule has 4 rings (SSSR count). The molecule has 0 aromatic heterocycles. The molecule has 2 atom stereocenters. The van der Waals surface area contributed by atoms with Gasteiger partial charge in [-0.2, -0.15) is 0 Å². The van der Waals surface area contributed by atoms with Crippen LogP contribution in [0.2, 0.25) is 5.02 Å². The maximum absolute atomic E-state index is 13.3. The van der Waals surface area contributed by atoms with E-state index in [9.17, 15) is 9.59 Å². The van der Waals surface area contributed by atoms with Crippen molar-refractivity contribution in [3.8, 4) is 5.75 Å². The van der Waals surface area contributed by atoms with Gasteiger partial charge in [0.05, 0.1) is 6.04 Å². The van der Waals surface area contributed by atoms with Crippen LogP contribution < -0.4 is 15.4 Å². The molecule has 3 aromatic carbocycles. The van der Waals surface area contributed by atoms with Crippen molar-refractivity contribution in [3.05, 3.63) is 118 Å². The molecular weight excluding hydrogens is 448 g/mol. The predicted molar refractivity (Wildman–Crippen MR) is 135 cm³/mol. The highest BCUT2D eigenvalue weighted by atomic mass is 35.5. The molecule has 1 aliphatic rings. The molecule has 172 valence electrons. The molecule has 2 N–H and O–H groups in total. The lowest BCUT2D eigenvalue weighted by atomic mass is 10.0. The summed E-state index contributed by atoms with van der Waals surface area (Å²) < 4.78 is 6.01. The van der Waals surface area contributed by atoms with E-state index >= 15 is 0 Å². The van der Waals surface area contributed by atoms with Crippen LogP contribution in [0.3, 0.4) is 0 Å². The number of halogens is 1. The fraction of sp³-hybridized carbons (Fsp3) is 0.143. The first-order valence-electron chi connectivity index (χ1n) is 11.0. The molecule has 1 aliphatic heterocycles. The van der Waals surface area contributed by atoms with E-state index in [1.165, 1.54) is 0 Å². The van der Waals surface area contributed by atoms with E-state index in [1.807, 2.05) is 74.5 Å². The number of carbonyl (C=O) groups excluding carboxylic acids is 2. The largest absolute Gasteiger partial charge is 0.485 e. The molecule has 1 heterocycles. The summed E-state index contributed by atoms with van der Waals surface area (Å²) in [5.41, 5.74) is 3.16. The summed E-state index contributed by atoms with van der Waals surface area (Å²) in [6.07, 6.45) is 3.34. The van der Waals surface area contributed by atoms with E-state index in [2.05, 4.69) is 10.6 Å². The van der Waals surface area contributed by atoms with Gasteiger partial charge in [-0.05, 0) is 67.5 Å². The van der Waals surface area contributed by atoms with Crippen molar-refractivity contribution in [1.82, 2.24) is 10.6 Å². The number of nitrogens with one attached hydrogen (secondary N) is 2. The maximum Gasteiger partial charge on any atom is 0.268 e. The van der Waals surface area contributed by atoms with E-state index in [-0.39, 0.29) is 17.8 Å². The maximum atomic E-state index is 13.3. The number of benzene rings is 3. The van der Waals surface area contributed by atoms with Crippen LogP contribution in [-0.2, 0) is 4.79 Å². The lowest BCUT2D eigenvalue weighted by Gasteiger charge is -2.24. The normalized spacial score (nSPS) is 15.9. The van der Waals surface area contributed by atoms with Crippen LogP contribution in [0.15, 0.2) is 96.2 Å². The summed E-state index contributed by atoms with van der Waals surface area (Å²) in [6.45, 7) is 3.80. The van der Waals surface area contributed by atoms with E-state index in [0.717, 1.165) is 22.4 Å². The molecule has 0 unspecified atom stereocenters. The summed E-state index contributed by atoms with van der Waals surface area (Å²) in [6, 6.07) is 23.6. The molecular formula is C28H25ClN2O3. The van der Waals surface area contributed by atoms with Gasteiger partial charge in [0.1, 0.15) is 17.6 Å².